The summed E-state index contributed by atoms with van der Waals surface area (Å²) in [5.74, 6) is 1.00. The molecule has 0 radical (unpaired) electrons. The van der Waals surface area contributed by atoms with Crippen LogP contribution in [0, 0.1) is 41.5 Å². The normalized spacial score (nSPS) is 12.6. The molecule has 1 atom stereocenters. The molecule has 0 heterocycles. The van der Waals surface area contributed by atoms with Crippen molar-refractivity contribution in [3.05, 3.63) is 57.6 Å². The maximum atomic E-state index is 6.49. The highest BCUT2D eigenvalue weighted by Gasteiger charge is 2.20. The molecule has 0 bridgehead atoms. The summed E-state index contributed by atoms with van der Waals surface area (Å²) in [6, 6.07) is 8.96. The van der Waals surface area contributed by atoms with Crippen LogP contribution in [0.3, 0.4) is 0 Å². The number of benzene rings is 2. The monoisotopic (exact) mass is 328 g/mol. The Kier molecular flexibility index (Phi) is 5.53. The van der Waals surface area contributed by atoms with E-state index in [9.17, 15) is 0 Å². The standard InChI is InChI=1S/C21H29OP/c1-13(2)23(21-11-16(5)19(8)17(6)12-21)22-20-9-14(3)18(7)15(4)10-20/h9-13H,1-8H3. The van der Waals surface area contributed by atoms with E-state index in [0.717, 1.165) is 5.75 Å². The minimum atomic E-state index is -0.670. The quantitative estimate of drug-likeness (QED) is 0.621. The Morgan fingerprint density at radius 3 is 1.48 bits per heavy atom. The second-order valence-corrected chi connectivity index (χ2v) is 9.28. The van der Waals surface area contributed by atoms with E-state index in [0.29, 0.717) is 5.66 Å². The SMILES string of the molecule is Cc1cc(OP(c2cc(C)c(C)c(C)c2)C(C)C)cc(C)c1C. The van der Waals surface area contributed by atoms with E-state index in [1.165, 1.54) is 38.7 Å². The average molecular weight is 328 g/mol. The highest BCUT2D eigenvalue weighted by atomic mass is 31.1. The lowest BCUT2D eigenvalue weighted by Crippen LogP contribution is -2.14. The van der Waals surface area contributed by atoms with Crippen molar-refractivity contribution in [2.24, 2.45) is 0 Å². The number of hydrogen-bond donors (Lipinski definition) is 0. The minimum Gasteiger partial charge on any atom is -0.469 e. The summed E-state index contributed by atoms with van der Waals surface area (Å²) < 4.78 is 6.49. The molecule has 0 aliphatic rings. The lowest BCUT2D eigenvalue weighted by Gasteiger charge is -2.24. The van der Waals surface area contributed by atoms with Crippen LogP contribution in [0.2, 0.25) is 0 Å². The third-order valence-electron chi connectivity index (χ3n) is 4.74. The van der Waals surface area contributed by atoms with E-state index < -0.39 is 8.15 Å². The summed E-state index contributed by atoms with van der Waals surface area (Å²) in [5, 5.41) is 1.34. The summed E-state index contributed by atoms with van der Waals surface area (Å²) in [6.07, 6.45) is 0. The summed E-state index contributed by atoms with van der Waals surface area (Å²) in [4.78, 5) is 0. The number of rotatable bonds is 4. The van der Waals surface area contributed by atoms with E-state index in [1.54, 1.807) is 0 Å². The molecule has 0 aromatic heterocycles. The van der Waals surface area contributed by atoms with Crippen molar-refractivity contribution in [2.45, 2.75) is 61.0 Å². The fraction of sp³-hybridized carbons (Fsp3) is 0.429. The van der Waals surface area contributed by atoms with Crippen LogP contribution in [0.1, 0.15) is 47.2 Å². The molecule has 0 aliphatic carbocycles. The zero-order chi connectivity index (χ0) is 17.3. The molecule has 124 valence electrons. The van der Waals surface area contributed by atoms with Crippen LogP contribution in [0.5, 0.6) is 5.75 Å². The zero-order valence-electron chi connectivity index (χ0n) is 15.7. The molecule has 2 aromatic carbocycles. The molecule has 2 rings (SSSR count). The minimum absolute atomic E-state index is 0.480. The Labute approximate surface area is 142 Å². The highest BCUT2D eigenvalue weighted by molar-refractivity contribution is 7.61. The van der Waals surface area contributed by atoms with E-state index >= 15 is 0 Å². The van der Waals surface area contributed by atoms with Crippen molar-refractivity contribution in [1.82, 2.24) is 0 Å². The van der Waals surface area contributed by atoms with Gasteiger partial charge in [-0.3, -0.25) is 0 Å². The Morgan fingerprint density at radius 2 is 1.09 bits per heavy atom. The molecule has 0 amide bonds. The van der Waals surface area contributed by atoms with E-state index in [-0.39, 0.29) is 0 Å². The van der Waals surface area contributed by atoms with E-state index in [4.69, 9.17) is 4.52 Å². The Bertz CT molecular complexity index is 670. The molecule has 0 fully saturated rings. The van der Waals surface area contributed by atoms with Gasteiger partial charge < -0.3 is 4.52 Å². The molecule has 0 spiro atoms. The van der Waals surface area contributed by atoms with Gasteiger partial charge >= 0.3 is 0 Å². The van der Waals surface area contributed by atoms with Crippen LogP contribution < -0.4 is 9.83 Å². The van der Waals surface area contributed by atoms with Gasteiger partial charge in [-0.25, -0.2) is 0 Å². The van der Waals surface area contributed by atoms with Crippen LogP contribution in [-0.4, -0.2) is 5.66 Å². The zero-order valence-corrected chi connectivity index (χ0v) is 16.6. The molecule has 0 saturated heterocycles. The fourth-order valence-corrected chi connectivity index (χ4v) is 4.65. The smallest absolute Gasteiger partial charge is 0.124 e. The summed E-state index contributed by atoms with van der Waals surface area (Å²) in [7, 11) is -0.670. The first-order valence-electron chi connectivity index (χ1n) is 8.33. The van der Waals surface area contributed by atoms with Crippen molar-refractivity contribution in [2.75, 3.05) is 0 Å². The van der Waals surface area contributed by atoms with Gasteiger partial charge in [-0.1, -0.05) is 13.8 Å². The molecule has 2 heteroatoms. The number of aryl methyl sites for hydroxylation is 4. The molecule has 1 unspecified atom stereocenters. The van der Waals surface area contributed by atoms with Crippen molar-refractivity contribution < 1.29 is 4.52 Å². The Balaban J connectivity index is 2.41. The van der Waals surface area contributed by atoms with Gasteiger partial charge in [0.15, 0.2) is 0 Å². The number of hydrogen-bond acceptors (Lipinski definition) is 1. The first-order valence-corrected chi connectivity index (χ1v) is 9.66. The first kappa shape index (κ1) is 18.0. The maximum absolute atomic E-state index is 6.49. The lowest BCUT2D eigenvalue weighted by molar-refractivity contribution is 0.610. The van der Waals surface area contributed by atoms with Crippen LogP contribution in [-0.2, 0) is 0 Å². The lowest BCUT2D eigenvalue weighted by atomic mass is 10.0. The third-order valence-corrected chi connectivity index (χ3v) is 6.85. The summed E-state index contributed by atoms with van der Waals surface area (Å²) >= 11 is 0. The Hall–Kier alpha value is -1.33. The van der Waals surface area contributed by atoms with Gasteiger partial charge in [-0.15, -0.1) is 0 Å². The van der Waals surface area contributed by atoms with Gasteiger partial charge in [0.1, 0.15) is 13.9 Å². The van der Waals surface area contributed by atoms with Crippen molar-refractivity contribution >= 4 is 13.5 Å². The van der Waals surface area contributed by atoms with Gasteiger partial charge in [0.2, 0.25) is 0 Å². The van der Waals surface area contributed by atoms with Gasteiger partial charge in [0.05, 0.1) is 0 Å². The van der Waals surface area contributed by atoms with Gasteiger partial charge in [-0.05, 0) is 99.2 Å². The molecule has 0 N–H and O–H groups in total. The largest absolute Gasteiger partial charge is 0.469 e. The third kappa shape index (κ3) is 3.96. The summed E-state index contributed by atoms with van der Waals surface area (Å²) in [6.45, 7) is 17.6. The molecular weight excluding hydrogens is 299 g/mol. The maximum Gasteiger partial charge on any atom is 0.124 e. The molecule has 1 nitrogen and oxygen atoms in total. The predicted molar refractivity (Wildman–Crippen MR) is 104 cm³/mol. The van der Waals surface area contributed by atoms with Crippen molar-refractivity contribution in [3.8, 4) is 5.75 Å². The second-order valence-electron chi connectivity index (χ2n) is 6.90. The fourth-order valence-electron chi connectivity index (χ4n) is 2.76. The average Bonchev–Trinajstić information content (AvgIpc) is 2.46. The summed E-state index contributed by atoms with van der Waals surface area (Å²) in [5.41, 5.74) is 8.53. The first-order chi connectivity index (χ1) is 10.7. The van der Waals surface area contributed by atoms with Crippen molar-refractivity contribution in [3.63, 3.8) is 0 Å². The molecule has 2 aromatic rings. The second kappa shape index (κ2) is 7.05. The van der Waals surface area contributed by atoms with Crippen molar-refractivity contribution in [1.29, 1.82) is 0 Å². The van der Waals surface area contributed by atoms with Crippen LogP contribution >= 0.6 is 8.15 Å². The molecule has 23 heavy (non-hydrogen) atoms. The van der Waals surface area contributed by atoms with Gasteiger partial charge in [-0.2, -0.15) is 0 Å². The van der Waals surface area contributed by atoms with Gasteiger partial charge in [0.25, 0.3) is 0 Å². The Morgan fingerprint density at radius 1 is 0.696 bits per heavy atom. The van der Waals surface area contributed by atoms with Gasteiger partial charge in [0, 0.05) is 11.0 Å². The predicted octanol–water partition coefficient (Wildman–Crippen LogP) is 6.05. The topological polar surface area (TPSA) is 9.23 Å². The van der Waals surface area contributed by atoms with E-state index in [2.05, 4.69) is 79.7 Å². The highest BCUT2D eigenvalue weighted by Crippen LogP contribution is 2.43. The van der Waals surface area contributed by atoms with Crippen LogP contribution in [0.25, 0.3) is 0 Å². The van der Waals surface area contributed by atoms with Crippen LogP contribution in [0.15, 0.2) is 24.3 Å². The van der Waals surface area contributed by atoms with Crippen LogP contribution in [0.4, 0.5) is 0 Å². The van der Waals surface area contributed by atoms with E-state index in [1.807, 2.05) is 0 Å². The molecule has 0 aliphatic heterocycles. The molecule has 0 saturated carbocycles. The molecular formula is C21H29OP.